The number of phosphoric acid groups is 1. The summed E-state index contributed by atoms with van der Waals surface area (Å²) < 4.78 is 27.6. The Balaban J connectivity index is 2.59. The van der Waals surface area contributed by atoms with Crippen LogP contribution in [0.1, 0.15) is 0 Å². The van der Waals surface area contributed by atoms with Crippen LogP contribution in [0.5, 0.6) is 0 Å². The highest BCUT2D eigenvalue weighted by Crippen LogP contribution is 2.55. The topological polar surface area (TPSA) is 85.2 Å². The van der Waals surface area contributed by atoms with Crippen molar-refractivity contribution in [2.75, 3.05) is 50.7 Å². The van der Waals surface area contributed by atoms with E-state index in [4.69, 9.17) is 48.4 Å². The molecule has 0 bridgehead atoms. The zero-order valence-electron chi connectivity index (χ0n) is 10.8. The lowest BCUT2D eigenvalue weighted by molar-refractivity contribution is -0.0241. The van der Waals surface area contributed by atoms with Gasteiger partial charge >= 0.3 is 7.82 Å². The van der Waals surface area contributed by atoms with Gasteiger partial charge < -0.3 is 10.2 Å². The largest absolute Gasteiger partial charge is 0.474 e. The maximum atomic E-state index is 12.2. The van der Waals surface area contributed by atoms with Crippen molar-refractivity contribution in [3.05, 3.63) is 0 Å². The van der Waals surface area contributed by atoms with Crippen molar-refractivity contribution in [3.8, 4) is 0 Å². The van der Waals surface area contributed by atoms with E-state index in [0.29, 0.717) is 0 Å². The first-order valence-corrected chi connectivity index (χ1v) is 8.92. The van der Waals surface area contributed by atoms with E-state index in [9.17, 15) is 14.8 Å². The molecule has 1 fully saturated rings. The maximum Gasteiger partial charge on any atom is 0.474 e. The first-order valence-electron chi connectivity index (χ1n) is 5.86. The molecule has 2 N–H and O–H groups in total. The lowest BCUT2D eigenvalue weighted by atomic mass is 9.94. The second-order valence-corrected chi connectivity index (χ2v) is 7.46. The maximum absolute atomic E-state index is 12.2. The SMILES string of the molecule is O=P1(OCC(CO)(CO)CCl)OCC(CCl)(CCl)CO1. The molecule has 1 aliphatic rings. The molecule has 0 aromatic carbocycles. The number of halogens is 3. The van der Waals surface area contributed by atoms with Gasteiger partial charge in [0.25, 0.3) is 0 Å². The quantitative estimate of drug-likeness (QED) is 0.500. The third-order valence-electron chi connectivity index (χ3n) is 3.11. The number of phosphoric ester groups is 1. The zero-order valence-corrected chi connectivity index (χ0v) is 13.9. The Morgan fingerprint density at radius 1 is 1.15 bits per heavy atom. The Hall–Kier alpha value is 0.900. The van der Waals surface area contributed by atoms with Gasteiger partial charge in [0, 0.05) is 23.1 Å². The minimum atomic E-state index is -3.75. The summed E-state index contributed by atoms with van der Waals surface area (Å²) in [5.74, 6) is 0.345. The van der Waals surface area contributed by atoms with Crippen LogP contribution in [-0.2, 0) is 18.1 Å². The minimum Gasteiger partial charge on any atom is -0.396 e. The molecule has 1 saturated heterocycles. The number of alkyl halides is 3. The standard InChI is InChI=1S/C10H18Cl3O6P/c11-1-9(2-12)6-17-20(16,18-7-9)19-8-10(3-13,4-14)5-15/h14-15H,1-8H2. The highest BCUT2D eigenvalue weighted by molar-refractivity contribution is 7.48. The lowest BCUT2D eigenvalue weighted by Gasteiger charge is -2.37. The van der Waals surface area contributed by atoms with Crippen molar-refractivity contribution in [2.24, 2.45) is 10.8 Å². The molecule has 1 rings (SSSR count). The van der Waals surface area contributed by atoms with Gasteiger partial charge in [0.1, 0.15) is 0 Å². The van der Waals surface area contributed by atoms with Crippen LogP contribution in [0.4, 0.5) is 0 Å². The molecule has 120 valence electrons. The van der Waals surface area contributed by atoms with E-state index in [1.807, 2.05) is 0 Å². The van der Waals surface area contributed by atoms with Gasteiger partial charge in [0.05, 0.1) is 38.4 Å². The summed E-state index contributed by atoms with van der Waals surface area (Å²) in [6, 6.07) is 0. The van der Waals surface area contributed by atoms with E-state index in [0.717, 1.165) is 0 Å². The minimum absolute atomic E-state index is 0.0450. The summed E-state index contributed by atoms with van der Waals surface area (Å²) >= 11 is 17.2. The summed E-state index contributed by atoms with van der Waals surface area (Å²) in [4.78, 5) is 0. The van der Waals surface area contributed by atoms with Gasteiger partial charge in [-0.2, -0.15) is 0 Å². The highest BCUT2D eigenvalue weighted by atomic mass is 35.5. The molecule has 10 heteroatoms. The van der Waals surface area contributed by atoms with Crippen LogP contribution in [0.2, 0.25) is 0 Å². The first kappa shape index (κ1) is 18.9. The number of hydrogen-bond acceptors (Lipinski definition) is 6. The molecule has 6 nitrogen and oxygen atoms in total. The van der Waals surface area contributed by atoms with Gasteiger partial charge in [-0.05, 0) is 0 Å². The normalized spacial score (nSPS) is 21.9. The molecule has 0 spiro atoms. The number of hydrogen-bond donors (Lipinski definition) is 2. The average Bonchev–Trinajstić information content (AvgIpc) is 2.51. The molecule has 0 saturated carbocycles. The number of rotatable bonds is 8. The summed E-state index contributed by atoms with van der Waals surface area (Å²) in [6.07, 6.45) is 0. The van der Waals surface area contributed by atoms with Crippen LogP contribution in [0.15, 0.2) is 0 Å². The molecule has 0 aromatic rings. The molecular formula is C10H18Cl3O6P. The van der Waals surface area contributed by atoms with Crippen LogP contribution in [-0.4, -0.2) is 60.9 Å². The van der Waals surface area contributed by atoms with E-state index >= 15 is 0 Å². The van der Waals surface area contributed by atoms with Gasteiger partial charge in [-0.25, -0.2) is 4.57 Å². The smallest absolute Gasteiger partial charge is 0.396 e. The van der Waals surface area contributed by atoms with Crippen LogP contribution >= 0.6 is 42.6 Å². The van der Waals surface area contributed by atoms with E-state index in [2.05, 4.69) is 0 Å². The Labute approximate surface area is 132 Å². The monoisotopic (exact) mass is 370 g/mol. The Kier molecular flexibility index (Phi) is 7.53. The predicted octanol–water partition coefficient (Wildman–Crippen LogP) is 1.83. The van der Waals surface area contributed by atoms with Gasteiger partial charge in [-0.3, -0.25) is 13.6 Å². The van der Waals surface area contributed by atoms with Crippen molar-refractivity contribution < 1.29 is 28.3 Å². The molecule has 1 aliphatic heterocycles. The van der Waals surface area contributed by atoms with Crippen molar-refractivity contribution in [3.63, 3.8) is 0 Å². The molecule has 1 heterocycles. The number of aliphatic hydroxyl groups is 2. The van der Waals surface area contributed by atoms with E-state index in [-0.39, 0.29) is 37.5 Å². The summed E-state index contributed by atoms with van der Waals surface area (Å²) in [5, 5.41) is 18.4. The van der Waals surface area contributed by atoms with E-state index in [1.165, 1.54) is 0 Å². The van der Waals surface area contributed by atoms with Gasteiger partial charge in [0.2, 0.25) is 0 Å². The molecular weight excluding hydrogens is 353 g/mol. The van der Waals surface area contributed by atoms with Crippen LogP contribution in [0, 0.1) is 10.8 Å². The summed E-state index contributed by atoms with van der Waals surface area (Å²) in [6.45, 7) is -0.997. The Morgan fingerprint density at radius 2 is 1.65 bits per heavy atom. The Morgan fingerprint density at radius 3 is 2.00 bits per heavy atom. The fraction of sp³-hybridized carbons (Fsp3) is 1.00. The molecule has 0 aliphatic carbocycles. The zero-order chi connectivity index (χ0) is 15.3. The van der Waals surface area contributed by atoms with Crippen molar-refractivity contribution >= 4 is 42.6 Å². The third kappa shape index (κ3) is 4.45. The lowest BCUT2D eigenvalue weighted by Crippen LogP contribution is -2.40. The Bertz CT molecular complexity index is 326. The molecule has 0 aromatic heterocycles. The second kappa shape index (κ2) is 7.95. The van der Waals surface area contributed by atoms with Gasteiger partial charge in [-0.15, -0.1) is 34.8 Å². The first-order chi connectivity index (χ1) is 9.42. The fourth-order valence-electron chi connectivity index (χ4n) is 1.26. The van der Waals surface area contributed by atoms with Crippen molar-refractivity contribution in [1.29, 1.82) is 0 Å². The van der Waals surface area contributed by atoms with Gasteiger partial charge in [0.15, 0.2) is 0 Å². The fourth-order valence-corrected chi connectivity index (χ4v) is 3.62. The molecule has 0 radical (unpaired) electrons. The number of aliphatic hydroxyl groups excluding tert-OH is 2. The van der Waals surface area contributed by atoms with E-state index < -0.39 is 31.9 Å². The van der Waals surface area contributed by atoms with Crippen LogP contribution < -0.4 is 0 Å². The highest BCUT2D eigenvalue weighted by Gasteiger charge is 2.44. The second-order valence-electron chi connectivity index (χ2n) is 4.98. The molecule has 0 amide bonds. The van der Waals surface area contributed by atoms with Crippen molar-refractivity contribution in [2.45, 2.75) is 0 Å². The summed E-state index contributed by atoms with van der Waals surface area (Å²) in [5.41, 5.74) is -1.70. The average molecular weight is 372 g/mol. The summed E-state index contributed by atoms with van der Waals surface area (Å²) in [7, 11) is -3.75. The van der Waals surface area contributed by atoms with Gasteiger partial charge in [-0.1, -0.05) is 0 Å². The van der Waals surface area contributed by atoms with Crippen molar-refractivity contribution in [1.82, 2.24) is 0 Å². The molecule has 20 heavy (non-hydrogen) atoms. The predicted molar refractivity (Wildman–Crippen MR) is 76.7 cm³/mol. The van der Waals surface area contributed by atoms with Crippen LogP contribution in [0.3, 0.4) is 0 Å². The molecule has 0 unspecified atom stereocenters. The van der Waals surface area contributed by atoms with E-state index in [1.54, 1.807) is 0 Å². The molecule has 0 atom stereocenters. The van der Waals surface area contributed by atoms with Crippen LogP contribution in [0.25, 0.3) is 0 Å². The third-order valence-corrected chi connectivity index (χ3v) is 6.14.